The maximum Gasteiger partial charge on any atom is 0.309 e. The zero-order chi connectivity index (χ0) is 10.1. The first kappa shape index (κ1) is 9.71. The van der Waals surface area contributed by atoms with Gasteiger partial charge in [0.05, 0.1) is 26.2 Å². The molecule has 3 nitrogen and oxygen atoms in total. The minimum Gasteiger partial charge on any atom is -0.469 e. The molecule has 3 heteroatoms. The molecule has 1 heterocycles. The zero-order valence-corrected chi connectivity index (χ0v) is 8.71. The van der Waals surface area contributed by atoms with Crippen LogP contribution in [0.15, 0.2) is 11.1 Å². The Morgan fingerprint density at radius 2 is 2.29 bits per heavy atom. The van der Waals surface area contributed by atoms with Crippen molar-refractivity contribution in [1.82, 2.24) is 0 Å². The third-order valence-electron chi connectivity index (χ3n) is 3.40. The van der Waals surface area contributed by atoms with Gasteiger partial charge in [-0.05, 0) is 29.9 Å². The molecule has 78 valence electrons. The van der Waals surface area contributed by atoms with E-state index in [0.29, 0.717) is 12.5 Å². The highest BCUT2D eigenvalue weighted by atomic mass is 16.5. The van der Waals surface area contributed by atoms with Gasteiger partial charge in [-0.25, -0.2) is 0 Å². The van der Waals surface area contributed by atoms with Crippen molar-refractivity contribution in [2.24, 2.45) is 11.8 Å². The Morgan fingerprint density at radius 1 is 1.50 bits per heavy atom. The Labute approximate surface area is 84.1 Å². The number of carbonyl (C=O) groups excluding carboxylic acids is 1. The van der Waals surface area contributed by atoms with Gasteiger partial charge >= 0.3 is 5.97 Å². The number of methoxy groups -OCH3 is 1. The molecular weight excluding hydrogens is 180 g/mol. The van der Waals surface area contributed by atoms with Crippen LogP contribution in [0, 0.1) is 11.8 Å². The first-order valence-corrected chi connectivity index (χ1v) is 5.10. The Hall–Kier alpha value is -0.830. The number of esters is 1. The number of hydrogen-bond acceptors (Lipinski definition) is 3. The van der Waals surface area contributed by atoms with Crippen LogP contribution in [0.2, 0.25) is 0 Å². The second kappa shape index (κ2) is 3.73. The van der Waals surface area contributed by atoms with Crippen LogP contribution in [0.1, 0.15) is 19.8 Å². The Bertz CT molecular complexity index is 280. The Morgan fingerprint density at radius 3 is 3.00 bits per heavy atom. The van der Waals surface area contributed by atoms with Gasteiger partial charge in [0.2, 0.25) is 0 Å². The smallest absolute Gasteiger partial charge is 0.309 e. The number of hydrogen-bond donors (Lipinski definition) is 0. The molecule has 14 heavy (non-hydrogen) atoms. The molecular formula is C11H16O3. The lowest BCUT2D eigenvalue weighted by molar-refractivity contribution is -0.147. The summed E-state index contributed by atoms with van der Waals surface area (Å²) in [5, 5.41) is 0. The third kappa shape index (κ3) is 1.46. The molecule has 0 N–H and O–H groups in total. The monoisotopic (exact) mass is 196 g/mol. The van der Waals surface area contributed by atoms with Gasteiger partial charge in [0.25, 0.3) is 0 Å². The molecule has 2 rings (SSSR count). The van der Waals surface area contributed by atoms with Gasteiger partial charge in [-0.15, -0.1) is 0 Å². The average Bonchev–Trinajstić information content (AvgIpc) is 2.66. The minimum absolute atomic E-state index is 0.0421. The van der Waals surface area contributed by atoms with E-state index in [1.165, 1.54) is 18.3 Å². The van der Waals surface area contributed by atoms with Crippen molar-refractivity contribution in [1.29, 1.82) is 0 Å². The van der Waals surface area contributed by atoms with Gasteiger partial charge in [0, 0.05) is 0 Å². The molecule has 0 saturated carbocycles. The Kier molecular flexibility index (Phi) is 2.59. The van der Waals surface area contributed by atoms with E-state index in [1.807, 2.05) is 0 Å². The fraction of sp³-hybridized carbons (Fsp3) is 0.727. The molecule has 0 spiro atoms. The Balaban J connectivity index is 2.16. The van der Waals surface area contributed by atoms with Crippen LogP contribution in [0.3, 0.4) is 0 Å². The molecule has 2 aliphatic rings. The summed E-state index contributed by atoms with van der Waals surface area (Å²) < 4.78 is 10.2. The number of carbonyl (C=O) groups is 1. The number of rotatable bonds is 1. The van der Waals surface area contributed by atoms with Crippen LogP contribution in [0.5, 0.6) is 0 Å². The van der Waals surface area contributed by atoms with Crippen LogP contribution in [0.25, 0.3) is 0 Å². The summed E-state index contributed by atoms with van der Waals surface area (Å²) in [6, 6.07) is 0. The van der Waals surface area contributed by atoms with Crippen molar-refractivity contribution in [3.05, 3.63) is 11.1 Å². The highest BCUT2D eigenvalue weighted by Crippen LogP contribution is 2.38. The van der Waals surface area contributed by atoms with Gasteiger partial charge < -0.3 is 9.47 Å². The van der Waals surface area contributed by atoms with Crippen LogP contribution >= 0.6 is 0 Å². The highest BCUT2D eigenvalue weighted by molar-refractivity contribution is 5.73. The lowest BCUT2D eigenvalue weighted by Crippen LogP contribution is -2.28. The summed E-state index contributed by atoms with van der Waals surface area (Å²) in [7, 11) is 1.46. The molecule has 0 unspecified atom stereocenters. The molecule has 0 aromatic heterocycles. The fourth-order valence-corrected chi connectivity index (χ4v) is 2.46. The maximum atomic E-state index is 11.5. The normalized spacial score (nSPS) is 31.6. The van der Waals surface area contributed by atoms with Crippen molar-refractivity contribution < 1.29 is 14.3 Å². The van der Waals surface area contributed by atoms with E-state index in [0.717, 1.165) is 19.4 Å². The van der Waals surface area contributed by atoms with Gasteiger partial charge in [0.15, 0.2) is 0 Å². The predicted molar refractivity (Wildman–Crippen MR) is 51.7 cm³/mol. The van der Waals surface area contributed by atoms with E-state index in [1.54, 1.807) is 0 Å². The molecule has 0 bridgehead atoms. The van der Waals surface area contributed by atoms with Crippen molar-refractivity contribution in [2.75, 3.05) is 20.3 Å². The van der Waals surface area contributed by atoms with E-state index >= 15 is 0 Å². The van der Waals surface area contributed by atoms with Gasteiger partial charge in [-0.3, -0.25) is 4.79 Å². The summed E-state index contributed by atoms with van der Waals surface area (Å²) >= 11 is 0. The minimum atomic E-state index is -0.0732. The van der Waals surface area contributed by atoms with E-state index in [9.17, 15) is 4.79 Å². The van der Waals surface area contributed by atoms with Crippen molar-refractivity contribution >= 4 is 5.97 Å². The topological polar surface area (TPSA) is 35.5 Å². The van der Waals surface area contributed by atoms with Gasteiger partial charge in [-0.1, -0.05) is 6.92 Å². The van der Waals surface area contributed by atoms with Crippen LogP contribution in [-0.2, 0) is 14.3 Å². The predicted octanol–water partition coefficient (Wildman–Crippen LogP) is 1.53. The molecule has 0 fully saturated rings. The van der Waals surface area contributed by atoms with E-state index in [2.05, 4.69) is 6.92 Å². The first-order chi connectivity index (χ1) is 6.74. The second-order valence-electron chi connectivity index (χ2n) is 4.08. The lowest BCUT2D eigenvalue weighted by atomic mass is 9.77. The van der Waals surface area contributed by atoms with E-state index < -0.39 is 0 Å². The average molecular weight is 196 g/mol. The maximum absolute atomic E-state index is 11.5. The van der Waals surface area contributed by atoms with Crippen molar-refractivity contribution in [3.8, 4) is 0 Å². The molecule has 0 aromatic carbocycles. The standard InChI is InChI=1S/C11H16O3/c1-7-9(11(12)13-2)4-3-8-5-14-6-10(7)8/h7,9H,3-6H2,1-2H3/t7-,9-/m1/s1. The van der Waals surface area contributed by atoms with Crippen molar-refractivity contribution in [3.63, 3.8) is 0 Å². The third-order valence-corrected chi connectivity index (χ3v) is 3.40. The summed E-state index contributed by atoms with van der Waals surface area (Å²) in [5.41, 5.74) is 2.75. The van der Waals surface area contributed by atoms with E-state index in [4.69, 9.17) is 9.47 Å². The van der Waals surface area contributed by atoms with Crippen molar-refractivity contribution in [2.45, 2.75) is 19.8 Å². The summed E-state index contributed by atoms with van der Waals surface area (Å²) in [6.45, 7) is 3.59. The zero-order valence-electron chi connectivity index (χ0n) is 8.71. The van der Waals surface area contributed by atoms with Crippen LogP contribution < -0.4 is 0 Å². The highest BCUT2D eigenvalue weighted by Gasteiger charge is 2.35. The van der Waals surface area contributed by atoms with Crippen LogP contribution in [-0.4, -0.2) is 26.3 Å². The SMILES string of the molecule is COC(=O)[C@@H]1CCC2=C(COC2)[C@@H]1C. The fourth-order valence-electron chi connectivity index (χ4n) is 2.46. The first-order valence-electron chi connectivity index (χ1n) is 5.10. The quantitative estimate of drug-likeness (QED) is 0.471. The summed E-state index contributed by atoms with van der Waals surface area (Å²) in [5.74, 6) is 0.269. The molecule has 0 radical (unpaired) electrons. The molecule has 0 amide bonds. The number of ether oxygens (including phenoxy) is 2. The molecule has 0 aromatic rings. The van der Waals surface area contributed by atoms with Crippen LogP contribution in [0.4, 0.5) is 0 Å². The largest absolute Gasteiger partial charge is 0.469 e. The molecule has 1 aliphatic carbocycles. The molecule has 1 aliphatic heterocycles. The summed E-state index contributed by atoms with van der Waals surface area (Å²) in [6.07, 6.45) is 1.91. The van der Waals surface area contributed by atoms with Gasteiger partial charge in [0.1, 0.15) is 0 Å². The molecule has 2 atom stereocenters. The van der Waals surface area contributed by atoms with Gasteiger partial charge in [-0.2, -0.15) is 0 Å². The second-order valence-corrected chi connectivity index (χ2v) is 4.08. The summed E-state index contributed by atoms with van der Waals surface area (Å²) in [4.78, 5) is 11.5. The van der Waals surface area contributed by atoms with E-state index in [-0.39, 0.29) is 11.9 Å². The molecule has 0 saturated heterocycles. The lowest BCUT2D eigenvalue weighted by Gasteiger charge is -2.27.